The van der Waals surface area contributed by atoms with Crippen LogP contribution in [0.2, 0.25) is 0 Å². The number of rotatable bonds is 4. The fraction of sp³-hybridized carbons (Fsp3) is 0.438. The number of hydrogen-bond donors (Lipinski definition) is 1. The summed E-state index contributed by atoms with van der Waals surface area (Å²) in [6.45, 7) is 6.46. The molecule has 0 radical (unpaired) electrons. The first-order chi connectivity index (χ1) is 11.8. The number of hydrogen-bond acceptors (Lipinski definition) is 7. The maximum atomic E-state index is 6.04. The maximum absolute atomic E-state index is 6.04. The average molecular weight is 325 g/mol. The highest BCUT2D eigenvalue weighted by Crippen LogP contribution is 2.28. The summed E-state index contributed by atoms with van der Waals surface area (Å²) < 4.78 is 8.07. The molecule has 0 bridgehead atoms. The Labute approximate surface area is 139 Å². The van der Waals surface area contributed by atoms with Crippen LogP contribution in [-0.2, 0) is 6.54 Å². The van der Waals surface area contributed by atoms with Crippen molar-refractivity contribution in [2.24, 2.45) is 0 Å². The standard InChI is InChI=1S/C16H19N7O/c1-3-23-14(11-6-18-10(2)19-7-11)22-13-15(23)20-9-21-16(13)24-12-4-5-17-8-12/h6-7,9,12,17H,3-5,8H2,1-2H3. The van der Waals surface area contributed by atoms with Crippen LogP contribution in [0.3, 0.4) is 0 Å². The number of aryl methyl sites for hydroxylation is 2. The monoisotopic (exact) mass is 325 g/mol. The largest absolute Gasteiger partial charge is 0.471 e. The summed E-state index contributed by atoms with van der Waals surface area (Å²) >= 11 is 0. The first kappa shape index (κ1) is 14.9. The number of fused-ring (bicyclic) bond motifs is 1. The molecule has 1 fully saturated rings. The Bertz CT molecular complexity index is 853. The van der Waals surface area contributed by atoms with Crippen LogP contribution in [0.25, 0.3) is 22.6 Å². The smallest absolute Gasteiger partial charge is 0.245 e. The SMILES string of the molecule is CCn1c(-c2cnc(C)nc2)nc2c(OC3CCNC3)ncnc21. The minimum atomic E-state index is 0.126. The molecule has 0 aliphatic carbocycles. The summed E-state index contributed by atoms with van der Waals surface area (Å²) in [6, 6.07) is 0. The van der Waals surface area contributed by atoms with Crippen molar-refractivity contribution in [1.82, 2.24) is 34.8 Å². The molecule has 3 aromatic rings. The van der Waals surface area contributed by atoms with E-state index in [0.717, 1.165) is 48.9 Å². The van der Waals surface area contributed by atoms with E-state index in [2.05, 4.69) is 32.2 Å². The van der Waals surface area contributed by atoms with Crippen molar-refractivity contribution in [2.75, 3.05) is 13.1 Å². The Morgan fingerprint density at radius 3 is 2.79 bits per heavy atom. The van der Waals surface area contributed by atoms with E-state index in [0.29, 0.717) is 11.4 Å². The van der Waals surface area contributed by atoms with Gasteiger partial charge in [0.2, 0.25) is 5.88 Å². The minimum Gasteiger partial charge on any atom is -0.471 e. The maximum Gasteiger partial charge on any atom is 0.245 e. The van der Waals surface area contributed by atoms with Gasteiger partial charge in [0.1, 0.15) is 24.1 Å². The van der Waals surface area contributed by atoms with Gasteiger partial charge in [-0.2, -0.15) is 4.98 Å². The highest BCUT2D eigenvalue weighted by molar-refractivity contribution is 5.81. The van der Waals surface area contributed by atoms with Gasteiger partial charge in [0.05, 0.1) is 5.56 Å². The van der Waals surface area contributed by atoms with E-state index in [-0.39, 0.29) is 6.10 Å². The topological polar surface area (TPSA) is 90.6 Å². The number of aromatic nitrogens is 6. The summed E-state index contributed by atoms with van der Waals surface area (Å²) in [5.74, 6) is 2.05. The first-order valence-corrected chi connectivity index (χ1v) is 8.14. The lowest BCUT2D eigenvalue weighted by Crippen LogP contribution is -2.20. The van der Waals surface area contributed by atoms with Gasteiger partial charge < -0.3 is 14.6 Å². The van der Waals surface area contributed by atoms with Gasteiger partial charge in [-0.3, -0.25) is 0 Å². The molecule has 4 rings (SSSR count). The highest BCUT2D eigenvalue weighted by atomic mass is 16.5. The molecule has 1 unspecified atom stereocenters. The van der Waals surface area contributed by atoms with E-state index in [4.69, 9.17) is 9.72 Å². The van der Waals surface area contributed by atoms with Gasteiger partial charge >= 0.3 is 0 Å². The fourth-order valence-corrected chi connectivity index (χ4v) is 2.92. The molecule has 8 heteroatoms. The lowest BCUT2D eigenvalue weighted by Gasteiger charge is -2.11. The highest BCUT2D eigenvalue weighted by Gasteiger charge is 2.22. The summed E-state index contributed by atoms with van der Waals surface area (Å²) in [7, 11) is 0. The van der Waals surface area contributed by atoms with Gasteiger partial charge in [-0.05, 0) is 26.8 Å². The van der Waals surface area contributed by atoms with E-state index in [1.807, 2.05) is 11.5 Å². The zero-order valence-corrected chi connectivity index (χ0v) is 13.7. The third-order valence-electron chi connectivity index (χ3n) is 4.15. The second kappa shape index (κ2) is 6.12. The molecule has 8 nitrogen and oxygen atoms in total. The van der Waals surface area contributed by atoms with E-state index in [9.17, 15) is 0 Å². The van der Waals surface area contributed by atoms with Crippen molar-refractivity contribution in [3.63, 3.8) is 0 Å². The van der Waals surface area contributed by atoms with Gasteiger partial charge in [0.25, 0.3) is 0 Å². The summed E-state index contributed by atoms with van der Waals surface area (Å²) in [6.07, 6.45) is 6.19. The number of ether oxygens (including phenoxy) is 1. The fourth-order valence-electron chi connectivity index (χ4n) is 2.92. The van der Waals surface area contributed by atoms with Crippen LogP contribution >= 0.6 is 0 Å². The summed E-state index contributed by atoms with van der Waals surface area (Å²) in [5.41, 5.74) is 2.31. The molecule has 1 saturated heterocycles. The van der Waals surface area contributed by atoms with Crippen LogP contribution in [-0.4, -0.2) is 48.7 Å². The molecule has 1 atom stereocenters. The molecule has 4 heterocycles. The number of imidazole rings is 1. The summed E-state index contributed by atoms with van der Waals surface area (Å²) in [4.78, 5) is 22.0. The molecular formula is C16H19N7O. The molecule has 0 spiro atoms. The average Bonchev–Trinajstić information content (AvgIpc) is 3.23. The predicted octanol–water partition coefficient (Wildman–Crippen LogP) is 1.35. The van der Waals surface area contributed by atoms with Crippen molar-refractivity contribution in [1.29, 1.82) is 0 Å². The van der Waals surface area contributed by atoms with Gasteiger partial charge in [-0.1, -0.05) is 0 Å². The zero-order chi connectivity index (χ0) is 16.5. The van der Waals surface area contributed by atoms with Crippen LogP contribution in [0, 0.1) is 6.92 Å². The Balaban J connectivity index is 1.81. The lowest BCUT2D eigenvalue weighted by atomic mass is 10.3. The molecule has 1 aliphatic heterocycles. The Morgan fingerprint density at radius 2 is 2.08 bits per heavy atom. The molecule has 3 aromatic heterocycles. The zero-order valence-electron chi connectivity index (χ0n) is 13.7. The van der Waals surface area contributed by atoms with Crippen molar-refractivity contribution >= 4 is 11.2 Å². The van der Waals surface area contributed by atoms with Crippen LogP contribution in [0.1, 0.15) is 19.2 Å². The number of nitrogens with one attached hydrogen (secondary N) is 1. The van der Waals surface area contributed by atoms with Crippen molar-refractivity contribution in [3.05, 3.63) is 24.5 Å². The predicted molar refractivity (Wildman–Crippen MR) is 88.7 cm³/mol. The third kappa shape index (κ3) is 2.58. The van der Waals surface area contributed by atoms with Crippen molar-refractivity contribution in [2.45, 2.75) is 32.9 Å². The Kier molecular flexibility index (Phi) is 3.81. The van der Waals surface area contributed by atoms with Gasteiger partial charge in [-0.25, -0.2) is 19.9 Å². The Hall–Kier alpha value is -2.61. The van der Waals surface area contributed by atoms with Crippen molar-refractivity contribution < 1.29 is 4.74 Å². The summed E-state index contributed by atoms with van der Waals surface area (Å²) in [5, 5.41) is 3.29. The van der Waals surface area contributed by atoms with Crippen LogP contribution < -0.4 is 10.1 Å². The minimum absolute atomic E-state index is 0.126. The van der Waals surface area contributed by atoms with E-state index in [1.54, 1.807) is 12.4 Å². The molecule has 1 N–H and O–H groups in total. The molecule has 1 aliphatic rings. The quantitative estimate of drug-likeness (QED) is 0.774. The first-order valence-electron chi connectivity index (χ1n) is 8.14. The second-order valence-electron chi connectivity index (χ2n) is 5.78. The third-order valence-corrected chi connectivity index (χ3v) is 4.15. The Morgan fingerprint density at radius 1 is 1.25 bits per heavy atom. The molecule has 0 aromatic carbocycles. The van der Waals surface area contributed by atoms with Gasteiger partial charge in [-0.15, -0.1) is 0 Å². The lowest BCUT2D eigenvalue weighted by molar-refractivity contribution is 0.216. The normalized spacial score (nSPS) is 17.5. The van der Waals surface area contributed by atoms with E-state index >= 15 is 0 Å². The van der Waals surface area contributed by atoms with E-state index in [1.165, 1.54) is 6.33 Å². The van der Waals surface area contributed by atoms with Crippen LogP contribution in [0.4, 0.5) is 0 Å². The second-order valence-corrected chi connectivity index (χ2v) is 5.78. The molecule has 24 heavy (non-hydrogen) atoms. The number of nitrogens with zero attached hydrogens (tertiary/aromatic N) is 6. The van der Waals surface area contributed by atoms with E-state index < -0.39 is 0 Å². The van der Waals surface area contributed by atoms with Crippen LogP contribution in [0.5, 0.6) is 5.88 Å². The molecule has 0 saturated carbocycles. The van der Waals surface area contributed by atoms with Crippen molar-refractivity contribution in [3.8, 4) is 17.3 Å². The van der Waals surface area contributed by atoms with Gasteiger partial charge in [0.15, 0.2) is 11.2 Å². The molecule has 0 amide bonds. The van der Waals surface area contributed by atoms with Gasteiger partial charge in [0, 0.05) is 25.5 Å². The molecule has 124 valence electrons. The molecular weight excluding hydrogens is 306 g/mol. The van der Waals surface area contributed by atoms with Crippen LogP contribution in [0.15, 0.2) is 18.7 Å².